The number of allylic oxidation sites excluding steroid dienone is 4. The van der Waals surface area contributed by atoms with E-state index in [1.807, 2.05) is 25.1 Å². The van der Waals surface area contributed by atoms with Crippen LogP contribution in [0, 0.1) is 0 Å². The molecule has 0 fully saturated rings. The van der Waals surface area contributed by atoms with E-state index < -0.39 is 6.61 Å². The van der Waals surface area contributed by atoms with Crippen LogP contribution in [0.4, 0.5) is 8.78 Å². The van der Waals surface area contributed by atoms with Gasteiger partial charge in [0, 0.05) is 11.0 Å². The lowest BCUT2D eigenvalue weighted by atomic mass is 10.2. The minimum Gasteiger partial charge on any atom is -0.435 e. The fourth-order valence-electron chi connectivity index (χ4n) is 1.56. The number of benzene rings is 1. The van der Waals surface area contributed by atoms with Crippen LogP contribution in [-0.4, -0.2) is 6.61 Å². The zero-order valence-corrected chi connectivity index (χ0v) is 13.4. The maximum absolute atomic E-state index is 12.1. The summed E-state index contributed by atoms with van der Waals surface area (Å²) in [5, 5.41) is 3.08. The molecule has 114 valence electrons. The van der Waals surface area contributed by atoms with Crippen LogP contribution >= 0.6 is 15.9 Å². The standard InChI is InChI=1S/C16H18BrF2NO/c1-3-5-15(17)12(2)8-9-20-11-13-6-4-7-14(10-13)21-16(18)19/h4-10,16,20H,2-3,11H2,1H3/b9-8-,15-5+. The van der Waals surface area contributed by atoms with E-state index in [4.69, 9.17) is 0 Å². The third-order valence-corrected chi connectivity index (χ3v) is 3.36. The highest BCUT2D eigenvalue weighted by molar-refractivity contribution is 9.12. The second-order valence-electron chi connectivity index (χ2n) is 4.23. The lowest BCUT2D eigenvalue weighted by molar-refractivity contribution is -0.0498. The van der Waals surface area contributed by atoms with Crippen molar-refractivity contribution in [3.05, 3.63) is 64.8 Å². The molecule has 0 spiro atoms. The Hall–Kier alpha value is -1.62. The molecule has 1 N–H and O–H groups in total. The summed E-state index contributed by atoms with van der Waals surface area (Å²) in [6.07, 6.45) is 6.57. The lowest BCUT2D eigenvalue weighted by Crippen LogP contribution is -2.06. The average Bonchev–Trinajstić information content (AvgIpc) is 2.43. The maximum Gasteiger partial charge on any atom is 0.387 e. The van der Waals surface area contributed by atoms with E-state index in [0.717, 1.165) is 22.0 Å². The van der Waals surface area contributed by atoms with Crippen molar-refractivity contribution < 1.29 is 13.5 Å². The van der Waals surface area contributed by atoms with E-state index in [-0.39, 0.29) is 5.75 Å². The predicted octanol–water partition coefficient (Wildman–Crippen LogP) is 5.14. The van der Waals surface area contributed by atoms with Crippen molar-refractivity contribution in [3.8, 4) is 5.75 Å². The van der Waals surface area contributed by atoms with Crippen LogP contribution in [-0.2, 0) is 6.54 Å². The molecule has 2 nitrogen and oxygen atoms in total. The summed E-state index contributed by atoms with van der Waals surface area (Å²) < 4.78 is 29.5. The number of halogens is 3. The predicted molar refractivity (Wildman–Crippen MR) is 85.5 cm³/mol. The van der Waals surface area contributed by atoms with Crippen molar-refractivity contribution in [2.45, 2.75) is 26.5 Å². The van der Waals surface area contributed by atoms with Gasteiger partial charge in [-0.15, -0.1) is 0 Å². The summed E-state index contributed by atoms with van der Waals surface area (Å²) >= 11 is 3.43. The largest absolute Gasteiger partial charge is 0.435 e. The number of hydrogen-bond acceptors (Lipinski definition) is 2. The summed E-state index contributed by atoms with van der Waals surface area (Å²) in [4.78, 5) is 0. The lowest BCUT2D eigenvalue weighted by Gasteiger charge is -2.07. The van der Waals surface area contributed by atoms with Crippen molar-refractivity contribution >= 4 is 15.9 Å². The molecule has 0 saturated heterocycles. The summed E-state index contributed by atoms with van der Waals surface area (Å²) in [6, 6.07) is 6.59. The van der Waals surface area contributed by atoms with Crippen molar-refractivity contribution in [2.24, 2.45) is 0 Å². The first-order valence-corrected chi connectivity index (χ1v) is 7.30. The molecule has 0 saturated carbocycles. The molecule has 0 bridgehead atoms. The first-order chi connectivity index (χ1) is 10.0. The summed E-state index contributed by atoms with van der Waals surface area (Å²) in [5.41, 5.74) is 1.71. The molecule has 0 amide bonds. The first kappa shape index (κ1) is 17.4. The quantitative estimate of drug-likeness (QED) is 0.650. The minimum absolute atomic E-state index is 0.159. The van der Waals surface area contributed by atoms with Crippen LogP contribution in [0.3, 0.4) is 0 Å². The van der Waals surface area contributed by atoms with Gasteiger partial charge in [-0.25, -0.2) is 0 Å². The van der Waals surface area contributed by atoms with Crippen LogP contribution in [0.5, 0.6) is 5.75 Å². The summed E-state index contributed by atoms with van der Waals surface area (Å²) in [5.74, 6) is 0.159. The molecule has 21 heavy (non-hydrogen) atoms. The van der Waals surface area contributed by atoms with Crippen molar-refractivity contribution in [1.82, 2.24) is 5.32 Å². The number of hydrogen-bond donors (Lipinski definition) is 1. The molecule has 1 aromatic carbocycles. The fourth-order valence-corrected chi connectivity index (χ4v) is 2.01. The number of ether oxygens (including phenoxy) is 1. The molecule has 0 unspecified atom stereocenters. The Kier molecular flexibility index (Phi) is 7.75. The Morgan fingerprint density at radius 1 is 1.48 bits per heavy atom. The van der Waals surface area contributed by atoms with Crippen molar-refractivity contribution in [1.29, 1.82) is 0 Å². The molecule has 5 heteroatoms. The van der Waals surface area contributed by atoms with Gasteiger partial charge in [-0.2, -0.15) is 8.78 Å². The first-order valence-electron chi connectivity index (χ1n) is 6.51. The van der Waals surface area contributed by atoms with Crippen LogP contribution in [0.15, 0.2) is 59.3 Å². The van der Waals surface area contributed by atoms with E-state index in [1.165, 1.54) is 6.07 Å². The number of nitrogens with one attached hydrogen (secondary N) is 1. The van der Waals surface area contributed by atoms with Gasteiger partial charge in [-0.1, -0.05) is 47.6 Å². The van der Waals surface area contributed by atoms with Crippen molar-refractivity contribution in [2.75, 3.05) is 0 Å². The van der Waals surface area contributed by atoms with Gasteiger partial charge in [-0.05, 0) is 42.0 Å². The molecule has 0 aliphatic carbocycles. The topological polar surface area (TPSA) is 21.3 Å². The molecular formula is C16H18BrF2NO. The second-order valence-corrected chi connectivity index (χ2v) is 5.08. The molecular weight excluding hydrogens is 340 g/mol. The van der Waals surface area contributed by atoms with E-state index in [9.17, 15) is 8.78 Å². The van der Waals surface area contributed by atoms with E-state index >= 15 is 0 Å². The van der Waals surface area contributed by atoms with Gasteiger partial charge >= 0.3 is 6.61 Å². The average molecular weight is 358 g/mol. The highest BCUT2D eigenvalue weighted by Gasteiger charge is 2.04. The molecule has 0 aliphatic rings. The number of rotatable bonds is 8. The summed E-state index contributed by atoms with van der Waals surface area (Å²) in [7, 11) is 0. The molecule has 0 aliphatic heterocycles. The van der Waals surface area contributed by atoms with Crippen LogP contribution in [0.2, 0.25) is 0 Å². The molecule has 0 heterocycles. The smallest absolute Gasteiger partial charge is 0.387 e. The Morgan fingerprint density at radius 3 is 2.90 bits per heavy atom. The third-order valence-electron chi connectivity index (χ3n) is 2.52. The highest BCUT2D eigenvalue weighted by atomic mass is 79.9. The molecule has 1 aromatic rings. The molecule has 0 radical (unpaired) electrons. The Morgan fingerprint density at radius 2 is 2.24 bits per heavy atom. The van der Waals surface area contributed by atoms with Gasteiger partial charge in [0.1, 0.15) is 5.75 Å². The van der Waals surface area contributed by atoms with Gasteiger partial charge in [0.15, 0.2) is 0 Å². The van der Waals surface area contributed by atoms with Gasteiger partial charge in [-0.3, -0.25) is 0 Å². The normalized spacial score (nSPS) is 12.0. The minimum atomic E-state index is -2.81. The summed E-state index contributed by atoms with van der Waals surface area (Å²) in [6.45, 7) is 3.67. The zero-order chi connectivity index (χ0) is 15.7. The van der Waals surface area contributed by atoms with Crippen LogP contribution < -0.4 is 10.1 Å². The zero-order valence-electron chi connectivity index (χ0n) is 11.8. The maximum atomic E-state index is 12.1. The van der Waals surface area contributed by atoms with Gasteiger partial charge in [0.05, 0.1) is 0 Å². The fraction of sp³-hybridized carbons (Fsp3) is 0.250. The van der Waals surface area contributed by atoms with Crippen LogP contribution in [0.1, 0.15) is 18.9 Å². The molecule has 1 rings (SSSR count). The Bertz CT molecular complexity index is 527. The SMILES string of the molecule is C=C(/C=C\NCc1cccc(OC(F)F)c1)/C(Br)=C\CC. The Labute approximate surface area is 132 Å². The van der Waals surface area contributed by atoms with Gasteiger partial charge in [0.2, 0.25) is 0 Å². The number of alkyl halides is 2. The molecule has 0 atom stereocenters. The Balaban J connectivity index is 2.49. The van der Waals surface area contributed by atoms with E-state index in [2.05, 4.69) is 32.6 Å². The highest BCUT2D eigenvalue weighted by Crippen LogP contribution is 2.17. The van der Waals surface area contributed by atoms with E-state index in [0.29, 0.717) is 6.54 Å². The molecule has 0 aromatic heterocycles. The van der Waals surface area contributed by atoms with E-state index in [1.54, 1.807) is 18.3 Å². The monoisotopic (exact) mass is 357 g/mol. The van der Waals surface area contributed by atoms with Crippen molar-refractivity contribution in [3.63, 3.8) is 0 Å². The third kappa shape index (κ3) is 7.09. The van der Waals surface area contributed by atoms with Crippen LogP contribution in [0.25, 0.3) is 0 Å². The second kappa shape index (κ2) is 9.34. The van der Waals surface area contributed by atoms with Gasteiger partial charge < -0.3 is 10.1 Å². The van der Waals surface area contributed by atoms with Gasteiger partial charge in [0.25, 0.3) is 0 Å².